The fourth-order valence-corrected chi connectivity index (χ4v) is 4.43. The van der Waals surface area contributed by atoms with Gasteiger partial charge in [0.1, 0.15) is 12.6 Å². The summed E-state index contributed by atoms with van der Waals surface area (Å²) in [4.78, 5) is 23.0. The highest BCUT2D eigenvalue weighted by Gasteiger charge is 2.28. The lowest BCUT2D eigenvalue weighted by atomic mass is 9.99. The van der Waals surface area contributed by atoms with Crippen molar-refractivity contribution < 1.29 is 19.4 Å². The summed E-state index contributed by atoms with van der Waals surface area (Å²) in [7, 11) is 0. The highest BCUT2D eigenvalue weighted by molar-refractivity contribution is 7.99. The van der Waals surface area contributed by atoms with Crippen LogP contribution in [0.5, 0.6) is 0 Å². The lowest BCUT2D eigenvalue weighted by Gasteiger charge is -2.17. The van der Waals surface area contributed by atoms with Gasteiger partial charge in [-0.15, -0.1) is 0 Å². The van der Waals surface area contributed by atoms with Crippen LogP contribution in [-0.4, -0.2) is 41.3 Å². The number of thioether (sulfide) groups is 1. The number of fused-ring (bicyclic) bond motifs is 3. The van der Waals surface area contributed by atoms with Crippen LogP contribution < -0.4 is 5.32 Å². The molecule has 0 bridgehead atoms. The van der Waals surface area contributed by atoms with Crippen molar-refractivity contribution in [1.29, 1.82) is 0 Å². The summed E-state index contributed by atoms with van der Waals surface area (Å²) < 4.78 is 4.80. The molecular formula is C21H21NO4S. The van der Waals surface area contributed by atoms with Crippen LogP contribution in [0.15, 0.2) is 61.2 Å². The van der Waals surface area contributed by atoms with Gasteiger partial charge in [0.25, 0.3) is 0 Å². The first-order chi connectivity index (χ1) is 13.1. The van der Waals surface area contributed by atoms with E-state index in [0.717, 1.165) is 5.75 Å². The topological polar surface area (TPSA) is 75.6 Å². The van der Waals surface area contributed by atoms with Crippen molar-refractivity contribution in [2.75, 3.05) is 18.1 Å². The Balaban J connectivity index is 1.65. The molecule has 1 amide bonds. The predicted octanol–water partition coefficient (Wildman–Crippen LogP) is 3.90. The first-order valence-corrected chi connectivity index (χ1v) is 9.80. The number of carboxylic acids is 1. The lowest BCUT2D eigenvalue weighted by molar-refractivity contribution is -0.138. The molecule has 0 radical (unpaired) electrons. The van der Waals surface area contributed by atoms with E-state index in [4.69, 9.17) is 4.74 Å². The fourth-order valence-electron chi connectivity index (χ4n) is 3.24. The summed E-state index contributed by atoms with van der Waals surface area (Å²) in [5, 5.41) is 11.7. The maximum absolute atomic E-state index is 11.6. The number of nitrogens with one attached hydrogen (secondary N) is 1. The van der Waals surface area contributed by atoms with E-state index in [1.807, 2.05) is 24.3 Å². The normalized spacial score (nSPS) is 13.3. The largest absolute Gasteiger partial charge is 0.480 e. The third-order valence-corrected chi connectivity index (χ3v) is 5.59. The zero-order valence-electron chi connectivity index (χ0n) is 14.8. The van der Waals surface area contributed by atoms with E-state index in [-0.39, 0.29) is 18.3 Å². The number of rotatable bonds is 8. The van der Waals surface area contributed by atoms with E-state index in [1.165, 1.54) is 40.1 Å². The molecule has 2 N–H and O–H groups in total. The summed E-state index contributed by atoms with van der Waals surface area (Å²) in [6.07, 6.45) is 0.679. The third kappa shape index (κ3) is 4.34. The van der Waals surface area contributed by atoms with Crippen LogP contribution in [0.3, 0.4) is 0 Å². The summed E-state index contributed by atoms with van der Waals surface area (Å²) in [5.74, 6) is 0.135. The highest BCUT2D eigenvalue weighted by Crippen LogP contribution is 2.45. The quantitative estimate of drug-likeness (QED) is 0.676. The summed E-state index contributed by atoms with van der Waals surface area (Å²) in [6.45, 7) is 3.49. The van der Waals surface area contributed by atoms with Crippen molar-refractivity contribution in [3.63, 3.8) is 0 Å². The molecule has 0 saturated heterocycles. The standard InChI is InChI=1S/C21H21NO4S/c1-2-11-26-21(25)22-19(20(23)24)13-27-12-18-16-9-5-3-7-14(16)15-8-4-6-10-17(15)18/h2-10,18-19H,1,11-13H2,(H,22,25)(H,23,24)/t19-/m1/s1. The Labute approximate surface area is 162 Å². The molecule has 140 valence electrons. The van der Waals surface area contributed by atoms with Crippen molar-refractivity contribution in [3.05, 3.63) is 72.3 Å². The molecule has 1 atom stereocenters. The minimum atomic E-state index is -1.08. The molecule has 1 aliphatic rings. The highest BCUT2D eigenvalue weighted by atomic mass is 32.2. The van der Waals surface area contributed by atoms with Gasteiger partial charge in [-0.05, 0) is 22.3 Å². The number of ether oxygens (including phenoxy) is 1. The van der Waals surface area contributed by atoms with Crippen molar-refractivity contribution in [3.8, 4) is 11.1 Å². The van der Waals surface area contributed by atoms with Gasteiger partial charge in [-0.25, -0.2) is 9.59 Å². The predicted molar refractivity (Wildman–Crippen MR) is 107 cm³/mol. The van der Waals surface area contributed by atoms with E-state index >= 15 is 0 Å². The van der Waals surface area contributed by atoms with Crippen LogP contribution in [0.4, 0.5) is 4.79 Å². The van der Waals surface area contributed by atoms with Gasteiger partial charge < -0.3 is 15.2 Å². The van der Waals surface area contributed by atoms with Gasteiger partial charge in [-0.3, -0.25) is 0 Å². The van der Waals surface area contributed by atoms with Gasteiger partial charge in [0.15, 0.2) is 0 Å². The Morgan fingerprint density at radius 3 is 2.30 bits per heavy atom. The van der Waals surface area contributed by atoms with Crippen LogP contribution in [-0.2, 0) is 9.53 Å². The van der Waals surface area contributed by atoms with E-state index in [2.05, 4.69) is 36.2 Å². The minimum Gasteiger partial charge on any atom is -0.480 e. The second-order valence-corrected chi connectivity index (χ2v) is 7.26. The molecule has 1 aliphatic carbocycles. The number of alkyl carbamates (subject to hydrolysis) is 1. The summed E-state index contributed by atoms with van der Waals surface area (Å²) in [5.41, 5.74) is 4.99. The second kappa shape index (κ2) is 8.77. The van der Waals surface area contributed by atoms with Gasteiger partial charge in [-0.2, -0.15) is 11.8 Å². The van der Waals surface area contributed by atoms with Crippen LogP contribution in [0.25, 0.3) is 11.1 Å². The molecule has 27 heavy (non-hydrogen) atoms. The number of amides is 1. The van der Waals surface area contributed by atoms with Gasteiger partial charge in [-0.1, -0.05) is 61.2 Å². The number of benzene rings is 2. The molecule has 0 saturated carbocycles. The number of carbonyl (C=O) groups excluding carboxylic acids is 1. The smallest absolute Gasteiger partial charge is 0.408 e. The zero-order valence-corrected chi connectivity index (χ0v) is 15.6. The van der Waals surface area contributed by atoms with Crippen LogP contribution >= 0.6 is 11.8 Å². The van der Waals surface area contributed by atoms with Crippen LogP contribution in [0.1, 0.15) is 17.0 Å². The number of hydrogen-bond acceptors (Lipinski definition) is 4. The maximum atomic E-state index is 11.6. The number of carboxylic acid groups (broad SMARTS) is 1. The van der Waals surface area contributed by atoms with Gasteiger partial charge in [0, 0.05) is 17.4 Å². The van der Waals surface area contributed by atoms with Crippen molar-refractivity contribution in [2.24, 2.45) is 0 Å². The van der Waals surface area contributed by atoms with Gasteiger partial charge >= 0.3 is 12.1 Å². The van der Waals surface area contributed by atoms with E-state index < -0.39 is 18.1 Å². The molecule has 0 heterocycles. The molecule has 5 nitrogen and oxygen atoms in total. The minimum absolute atomic E-state index is 0.0426. The maximum Gasteiger partial charge on any atom is 0.408 e. The molecule has 0 aliphatic heterocycles. The average molecular weight is 383 g/mol. The monoisotopic (exact) mass is 383 g/mol. The summed E-state index contributed by atoms with van der Waals surface area (Å²) >= 11 is 1.51. The molecule has 2 aromatic carbocycles. The van der Waals surface area contributed by atoms with Crippen molar-refractivity contribution in [1.82, 2.24) is 5.32 Å². The Bertz CT molecular complexity index is 806. The third-order valence-electron chi connectivity index (χ3n) is 4.45. The molecule has 0 spiro atoms. The fraction of sp³-hybridized carbons (Fsp3) is 0.238. The molecular weight excluding hydrogens is 362 g/mol. The Morgan fingerprint density at radius 1 is 1.15 bits per heavy atom. The number of hydrogen-bond donors (Lipinski definition) is 2. The Kier molecular flexibility index (Phi) is 6.19. The Morgan fingerprint density at radius 2 is 1.74 bits per heavy atom. The van der Waals surface area contributed by atoms with E-state index in [9.17, 15) is 14.7 Å². The molecule has 0 unspecified atom stereocenters. The molecule has 0 aromatic heterocycles. The van der Waals surface area contributed by atoms with Crippen molar-refractivity contribution >= 4 is 23.8 Å². The second-order valence-electron chi connectivity index (χ2n) is 6.19. The molecule has 3 rings (SSSR count). The van der Waals surface area contributed by atoms with Crippen LogP contribution in [0, 0.1) is 0 Å². The molecule has 0 fully saturated rings. The first kappa shape index (κ1) is 19.0. The molecule has 2 aromatic rings. The SMILES string of the molecule is C=CCOC(=O)N[C@H](CSCC1c2ccccc2-c2ccccc21)C(=O)O. The zero-order chi connectivity index (χ0) is 19.2. The van der Waals surface area contributed by atoms with E-state index in [1.54, 1.807) is 0 Å². The summed E-state index contributed by atoms with van der Waals surface area (Å²) in [6, 6.07) is 15.6. The van der Waals surface area contributed by atoms with Gasteiger partial charge in [0.2, 0.25) is 0 Å². The van der Waals surface area contributed by atoms with Gasteiger partial charge in [0.05, 0.1) is 0 Å². The van der Waals surface area contributed by atoms with Crippen LogP contribution in [0.2, 0.25) is 0 Å². The first-order valence-electron chi connectivity index (χ1n) is 8.64. The average Bonchev–Trinajstić information content (AvgIpc) is 3.00. The molecule has 6 heteroatoms. The van der Waals surface area contributed by atoms with E-state index in [0.29, 0.717) is 0 Å². The number of carbonyl (C=O) groups is 2. The number of aliphatic carboxylic acids is 1. The lowest BCUT2D eigenvalue weighted by Crippen LogP contribution is -2.43. The Hall–Kier alpha value is -2.73. The van der Waals surface area contributed by atoms with Crippen molar-refractivity contribution in [2.45, 2.75) is 12.0 Å².